The number of aryl methyl sites for hydroxylation is 1. The average molecular weight is 301 g/mol. The summed E-state index contributed by atoms with van der Waals surface area (Å²) in [6.07, 6.45) is 6.80. The first kappa shape index (κ1) is 13.5. The molecule has 1 aliphatic heterocycles. The number of hydrogen-bond acceptors (Lipinski definition) is 6. The fraction of sp³-hybridized carbons (Fsp3) is 0.533. The molecule has 7 nitrogen and oxygen atoms in total. The van der Waals surface area contributed by atoms with Gasteiger partial charge in [-0.25, -0.2) is 9.97 Å². The molecular weight excluding hydrogens is 282 g/mol. The summed E-state index contributed by atoms with van der Waals surface area (Å²) in [5, 5.41) is 14.3. The monoisotopic (exact) mass is 301 g/mol. The van der Waals surface area contributed by atoms with Crippen LogP contribution in [0.1, 0.15) is 24.6 Å². The minimum Gasteiger partial charge on any atom is -0.482 e. The van der Waals surface area contributed by atoms with Gasteiger partial charge in [-0.2, -0.15) is 5.10 Å². The lowest BCUT2D eigenvalue weighted by Crippen LogP contribution is -2.29. The first-order valence-electron chi connectivity index (χ1n) is 7.60. The first-order chi connectivity index (χ1) is 10.7. The first-order valence-corrected chi connectivity index (χ1v) is 7.60. The molecule has 1 saturated heterocycles. The maximum atomic E-state index is 10.2. The lowest BCUT2D eigenvalue weighted by molar-refractivity contribution is 0.0737. The van der Waals surface area contributed by atoms with E-state index in [-0.39, 0.29) is 6.10 Å². The molecule has 3 heterocycles. The molecular formula is C15H19N5O2. The van der Waals surface area contributed by atoms with Crippen LogP contribution in [0.3, 0.4) is 0 Å². The van der Waals surface area contributed by atoms with Crippen LogP contribution in [-0.2, 0) is 7.05 Å². The van der Waals surface area contributed by atoms with E-state index in [9.17, 15) is 5.11 Å². The third-order valence-corrected chi connectivity index (χ3v) is 4.13. The van der Waals surface area contributed by atoms with Crippen LogP contribution >= 0.6 is 0 Å². The van der Waals surface area contributed by atoms with Crippen LogP contribution in [-0.4, -0.2) is 50.2 Å². The highest BCUT2D eigenvalue weighted by Gasteiger charge is 2.35. The lowest BCUT2D eigenvalue weighted by atomic mass is 10.3. The highest BCUT2D eigenvalue weighted by Crippen LogP contribution is 2.38. The van der Waals surface area contributed by atoms with E-state index in [0.29, 0.717) is 24.8 Å². The van der Waals surface area contributed by atoms with E-state index in [4.69, 9.17) is 4.74 Å². The second kappa shape index (κ2) is 5.24. The Balaban J connectivity index is 1.47. The van der Waals surface area contributed by atoms with Crippen LogP contribution in [0.5, 0.6) is 5.75 Å². The van der Waals surface area contributed by atoms with Gasteiger partial charge < -0.3 is 14.7 Å². The fourth-order valence-electron chi connectivity index (χ4n) is 2.77. The Morgan fingerprint density at radius 2 is 2.18 bits per heavy atom. The lowest BCUT2D eigenvalue weighted by Gasteiger charge is -2.17. The summed E-state index contributed by atoms with van der Waals surface area (Å²) in [5.41, 5.74) is 0. The second-order valence-corrected chi connectivity index (χ2v) is 6.03. The number of anilines is 1. The number of aliphatic hydroxyl groups is 1. The molecule has 1 aliphatic carbocycles. The molecule has 2 aromatic rings. The van der Waals surface area contributed by atoms with Crippen molar-refractivity contribution in [2.24, 2.45) is 7.05 Å². The Morgan fingerprint density at radius 1 is 1.32 bits per heavy atom. The fourth-order valence-corrected chi connectivity index (χ4v) is 2.77. The van der Waals surface area contributed by atoms with Crippen LogP contribution in [0.2, 0.25) is 0 Å². The van der Waals surface area contributed by atoms with Gasteiger partial charge in [0.1, 0.15) is 23.9 Å². The molecule has 7 heteroatoms. The van der Waals surface area contributed by atoms with Crippen molar-refractivity contribution >= 4 is 5.82 Å². The van der Waals surface area contributed by atoms with Crippen molar-refractivity contribution < 1.29 is 9.84 Å². The molecule has 2 atom stereocenters. The number of ether oxygens (including phenoxy) is 1. The third-order valence-electron chi connectivity index (χ3n) is 4.13. The maximum absolute atomic E-state index is 10.2. The van der Waals surface area contributed by atoms with Crippen molar-refractivity contribution in [1.29, 1.82) is 0 Å². The Labute approximate surface area is 128 Å². The van der Waals surface area contributed by atoms with Crippen molar-refractivity contribution in [3.63, 3.8) is 0 Å². The Kier molecular flexibility index (Phi) is 3.22. The molecule has 0 unspecified atom stereocenters. The van der Waals surface area contributed by atoms with Crippen LogP contribution in [0.4, 0.5) is 5.82 Å². The normalized spacial score (nSPS) is 24.7. The van der Waals surface area contributed by atoms with Crippen LogP contribution in [0.25, 0.3) is 0 Å². The van der Waals surface area contributed by atoms with Gasteiger partial charge in [0, 0.05) is 25.7 Å². The summed E-state index contributed by atoms with van der Waals surface area (Å²) in [6, 6.07) is 1.89. The highest BCUT2D eigenvalue weighted by atomic mass is 16.5. The van der Waals surface area contributed by atoms with Gasteiger partial charge in [-0.1, -0.05) is 0 Å². The van der Waals surface area contributed by atoms with Gasteiger partial charge in [-0.3, -0.25) is 4.68 Å². The molecule has 0 amide bonds. The molecule has 0 aromatic carbocycles. The summed E-state index contributed by atoms with van der Waals surface area (Å²) in [4.78, 5) is 11.0. The second-order valence-electron chi connectivity index (χ2n) is 6.03. The van der Waals surface area contributed by atoms with Crippen molar-refractivity contribution in [3.8, 4) is 5.75 Å². The zero-order chi connectivity index (χ0) is 15.1. The van der Waals surface area contributed by atoms with Crippen LogP contribution in [0, 0.1) is 0 Å². The number of β-amino-alcohol motifs (C(OH)–C–C–N with tert-alkyl or cyclic N) is 1. The summed E-state index contributed by atoms with van der Waals surface area (Å²) in [5.74, 6) is 2.99. The van der Waals surface area contributed by atoms with Crippen molar-refractivity contribution in [2.75, 3.05) is 18.0 Å². The Hall–Kier alpha value is -2.15. The molecule has 1 saturated carbocycles. The molecule has 2 aromatic heterocycles. The van der Waals surface area contributed by atoms with Gasteiger partial charge in [0.15, 0.2) is 5.75 Å². The summed E-state index contributed by atoms with van der Waals surface area (Å²) in [7, 11) is 1.84. The number of hydrogen-bond donors (Lipinski definition) is 1. The standard InChI is InChI=1S/C15H19N5O2/c1-19-7-11(6-17-19)22-13-9-20(8-12(13)21)14-4-5-16-15(18-14)10-2-3-10/h4-7,10,12-13,21H,2-3,8-9H2,1H3/t12-,13-/m1/s1. The minimum absolute atomic E-state index is 0.274. The van der Waals surface area contributed by atoms with Crippen LogP contribution < -0.4 is 9.64 Å². The minimum atomic E-state index is -0.542. The van der Waals surface area contributed by atoms with E-state index >= 15 is 0 Å². The number of aromatic nitrogens is 4. The largest absolute Gasteiger partial charge is 0.482 e. The zero-order valence-corrected chi connectivity index (χ0v) is 12.5. The molecule has 116 valence electrons. The van der Waals surface area contributed by atoms with Gasteiger partial charge in [-0.15, -0.1) is 0 Å². The summed E-state index contributed by atoms with van der Waals surface area (Å²) < 4.78 is 7.51. The van der Waals surface area contributed by atoms with E-state index < -0.39 is 6.10 Å². The molecule has 2 aliphatic rings. The molecule has 22 heavy (non-hydrogen) atoms. The molecule has 2 fully saturated rings. The number of aliphatic hydroxyl groups excluding tert-OH is 1. The van der Waals surface area contributed by atoms with Gasteiger partial charge >= 0.3 is 0 Å². The SMILES string of the molecule is Cn1cc(O[C@@H]2CN(c3ccnc(C4CC4)n3)C[C@H]2O)cn1. The van der Waals surface area contributed by atoms with Crippen molar-refractivity contribution in [3.05, 3.63) is 30.5 Å². The van der Waals surface area contributed by atoms with Gasteiger partial charge in [-0.05, 0) is 18.9 Å². The zero-order valence-electron chi connectivity index (χ0n) is 12.5. The Morgan fingerprint density at radius 3 is 2.91 bits per heavy atom. The van der Waals surface area contributed by atoms with E-state index in [2.05, 4.69) is 20.0 Å². The Bertz CT molecular complexity index is 669. The smallest absolute Gasteiger partial charge is 0.157 e. The van der Waals surface area contributed by atoms with Gasteiger partial charge in [0.25, 0.3) is 0 Å². The highest BCUT2D eigenvalue weighted by molar-refractivity contribution is 5.40. The average Bonchev–Trinajstić information content (AvgIpc) is 3.20. The van der Waals surface area contributed by atoms with E-state index in [0.717, 1.165) is 11.6 Å². The molecule has 0 spiro atoms. The van der Waals surface area contributed by atoms with Crippen molar-refractivity contribution in [2.45, 2.75) is 31.0 Å². The number of nitrogens with zero attached hydrogens (tertiary/aromatic N) is 5. The molecule has 0 radical (unpaired) electrons. The van der Waals surface area contributed by atoms with Crippen molar-refractivity contribution in [1.82, 2.24) is 19.7 Å². The summed E-state index contributed by atoms with van der Waals surface area (Å²) >= 11 is 0. The third kappa shape index (κ3) is 2.64. The van der Waals surface area contributed by atoms with E-state index in [1.54, 1.807) is 23.3 Å². The van der Waals surface area contributed by atoms with Gasteiger partial charge in [0.05, 0.1) is 18.9 Å². The molecule has 1 N–H and O–H groups in total. The topological polar surface area (TPSA) is 76.3 Å². The van der Waals surface area contributed by atoms with Crippen LogP contribution in [0.15, 0.2) is 24.7 Å². The van der Waals surface area contributed by atoms with E-state index in [1.807, 2.05) is 13.1 Å². The van der Waals surface area contributed by atoms with Gasteiger partial charge in [0.2, 0.25) is 0 Å². The number of rotatable bonds is 4. The predicted octanol–water partition coefficient (Wildman–Crippen LogP) is 0.716. The quantitative estimate of drug-likeness (QED) is 0.896. The molecule has 4 rings (SSSR count). The maximum Gasteiger partial charge on any atom is 0.157 e. The summed E-state index contributed by atoms with van der Waals surface area (Å²) in [6.45, 7) is 1.13. The van der Waals surface area contributed by atoms with E-state index in [1.165, 1.54) is 12.8 Å². The molecule has 0 bridgehead atoms. The predicted molar refractivity (Wildman–Crippen MR) is 79.9 cm³/mol.